The van der Waals surface area contributed by atoms with Gasteiger partial charge in [-0.2, -0.15) is 0 Å². The Kier molecular flexibility index (Phi) is 5.11. The van der Waals surface area contributed by atoms with Gasteiger partial charge in [0.15, 0.2) is 0 Å². The third kappa shape index (κ3) is 3.90. The predicted octanol–water partition coefficient (Wildman–Crippen LogP) is 1.64. The van der Waals surface area contributed by atoms with Crippen LogP contribution in [0.15, 0.2) is 0 Å². The molecule has 1 saturated heterocycles. The summed E-state index contributed by atoms with van der Waals surface area (Å²) in [5, 5.41) is 12.3. The number of hydrogen-bond donors (Lipinski definition) is 2. The molecule has 2 N–H and O–H groups in total. The summed E-state index contributed by atoms with van der Waals surface area (Å²) < 4.78 is 0. The second-order valence-electron chi connectivity index (χ2n) is 7.84. The largest absolute Gasteiger partial charge is 0.481 e. The average molecular weight is 336 g/mol. The molecular weight excluding hydrogens is 308 g/mol. The molecule has 6 nitrogen and oxygen atoms in total. The van der Waals surface area contributed by atoms with Crippen LogP contribution in [0.2, 0.25) is 0 Å². The minimum Gasteiger partial charge on any atom is -0.481 e. The van der Waals surface area contributed by atoms with Gasteiger partial charge < -0.3 is 15.3 Å². The smallest absolute Gasteiger partial charge is 0.308 e. The number of amides is 2. The molecule has 0 radical (unpaired) electrons. The van der Waals surface area contributed by atoms with E-state index in [1.54, 1.807) is 4.90 Å². The Morgan fingerprint density at radius 3 is 2.38 bits per heavy atom. The van der Waals surface area contributed by atoms with E-state index < -0.39 is 11.9 Å². The second-order valence-corrected chi connectivity index (χ2v) is 7.84. The number of carboxylic acids is 1. The van der Waals surface area contributed by atoms with Gasteiger partial charge in [-0.15, -0.1) is 0 Å². The van der Waals surface area contributed by atoms with E-state index in [1.807, 2.05) is 6.92 Å². The first-order chi connectivity index (χ1) is 11.5. The monoisotopic (exact) mass is 336 g/mol. The third-order valence-electron chi connectivity index (χ3n) is 5.86. The van der Waals surface area contributed by atoms with Crippen molar-refractivity contribution in [3.8, 4) is 0 Å². The van der Waals surface area contributed by atoms with E-state index in [9.17, 15) is 19.5 Å². The molecule has 2 amide bonds. The molecule has 0 bridgehead atoms. The lowest BCUT2D eigenvalue weighted by Gasteiger charge is -2.21. The summed E-state index contributed by atoms with van der Waals surface area (Å²) in [4.78, 5) is 37.8. The van der Waals surface area contributed by atoms with Crippen molar-refractivity contribution in [3.05, 3.63) is 0 Å². The lowest BCUT2D eigenvalue weighted by atomic mass is 9.92. The van der Waals surface area contributed by atoms with Crippen molar-refractivity contribution in [3.63, 3.8) is 0 Å². The van der Waals surface area contributed by atoms with Gasteiger partial charge in [0, 0.05) is 31.5 Å². The summed E-state index contributed by atoms with van der Waals surface area (Å²) in [5.41, 5.74) is 0. The highest BCUT2D eigenvalue weighted by molar-refractivity contribution is 5.82. The second kappa shape index (κ2) is 7.11. The molecule has 3 rings (SSSR count). The zero-order chi connectivity index (χ0) is 17.3. The molecule has 1 unspecified atom stereocenters. The van der Waals surface area contributed by atoms with Gasteiger partial charge in [-0.1, -0.05) is 12.8 Å². The number of carbonyl (C=O) groups excluding carboxylic acids is 2. The van der Waals surface area contributed by atoms with Crippen molar-refractivity contribution in [2.24, 2.45) is 23.7 Å². The molecule has 6 heteroatoms. The van der Waals surface area contributed by atoms with Crippen molar-refractivity contribution in [1.29, 1.82) is 0 Å². The first-order valence-corrected chi connectivity index (χ1v) is 9.26. The van der Waals surface area contributed by atoms with Crippen LogP contribution in [-0.2, 0) is 14.4 Å². The Balaban J connectivity index is 1.49. The lowest BCUT2D eigenvalue weighted by molar-refractivity contribution is -0.142. The number of rotatable bonds is 6. The standard InChI is InChI=1S/C18H28N2O4/c1-11(19-17(22)13-4-2-3-5-13)8-16(21)20-9-14(12-6-7-12)15(10-20)18(23)24/h11-15H,2-10H2,1H3,(H,19,22)(H,23,24)/t11?,14-,15+/m1/s1. The Hall–Kier alpha value is -1.59. The Labute approximate surface area is 143 Å². The molecule has 2 aliphatic carbocycles. The molecular formula is C18H28N2O4. The number of likely N-dealkylation sites (tertiary alicyclic amines) is 1. The van der Waals surface area contributed by atoms with Crippen molar-refractivity contribution < 1.29 is 19.5 Å². The lowest BCUT2D eigenvalue weighted by Crippen LogP contribution is -2.40. The van der Waals surface area contributed by atoms with E-state index in [1.165, 1.54) is 0 Å². The van der Waals surface area contributed by atoms with Crippen molar-refractivity contribution in [2.75, 3.05) is 13.1 Å². The maximum atomic E-state index is 12.5. The van der Waals surface area contributed by atoms with Crippen LogP contribution in [0.25, 0.3) is 0 Å². The molecule has 1 aliphatic heterocycles. The number of hydrogen-bond acceptors (Lipinski definition) is 3. The molecule has 3 aliphatic rings. The van der Waals surface area contributed by atoms with Crippen LogP contribution in [-0.4, -0.2) is 46.9 Å². The first-order valence-electron chi connectivity index (χ1n) is 9.26. The Bertz CT molecular complexity index is 511. The Morgan fingerprint density at radius 2 is 1.79 bits per heavy atom. The Morgan fingerprint density at radius 1 is 1.12 bits per heavy atom. The molecule has 0 aromatic rings. The van der Waals surface area contributed by atoms with Crippen LogP contribution in [0.4, 0.5) is 0 Å². The van der Waals surface area contributed by atoms with E-state index in [-0.39, 0.29) is 36.1 Å². The topological polar surface area (TPSA) is 86.7 Å². The molecule has 1 heterocycles. The highest BCUT2D eigenvalue weighted by Crippen LogP contribution is 2.44. The minimum atomic E-state index is -0.787. The number of nitrogens with one attached hydrogen (secondary N) is 1. The van der Waals surface area contributed by atoms with Crippen molar-refractivity contribution >= 4 is 17.8 Å². The molecule has 3 atom stereocenters. The van der Waals surface area contributed by atoms with Gasteiger partial charge in [0.2, 0.25) is 11.8 Å². The van der Waals surface area contributed by atoms with E-state index in [4.69, 9.17) is 0 Å². The fraction of sp³-hybridized carbons (Fsp3) is 0.833. The van der Waals surface area contributed by atoms with Crippen LogP contribution in [0.3, 0.4) is 0 Å². The fourth-order valence-corrected chi connectivity index (χ4v) is 4.29. The van der Waals surface area contributed by atoms with Gasteiger partial charge in [-0.25, -0.2) is 0 Å². The maximum absolute atomic E-state index is 12.5. The van der Waals surface area contributed by atoms with Gasteiger partial charge in [0.1, 0.15) is 0 Å². The van der Waals surface area contributed by atoms with E-state index in [2.05, 4.69) is 5.32 Å². The van der Waals surface area contributed by atoms with Gasteiger partial charge >= 0.3 is 5.97 Å². The van der Waals surface area contributed by atoms with E-state index in [0.717, 1.165) is 38.5 Å². The van der Waals surface area contributed by atoms with Crippen LogP contribution >= 0.6 is 0 Å². The zero-order valence-electron chi connectivity index (χ0n) is 14.4. The van der Waals surface area contributed by atoms with Gasteiger partial charge in [-0.05, 0) is 44.4 Å². The fourth-order valence-electron chi connectivity index (χ4n) is 4.29. The summed E-state index contributed by atoms with van der Waals surface area (Å²) in [5.74, 6) is -0.505. The van der Waals surface area contributed by atoms with Crippen molar-refractivity contribution in [1.82, 2.24) is 10.2 Å². The molecule has 3 fully saturated rings. The number of nitrogens with zero attached hydrogens (tertiary/aromatic N) is 1. The number of carbonyl (C=O) groups is 3. The summed E-state index contributed by atoms with van der Waals surface area (Å²) in [7, 11) is 0. The van der Waals surface area contributed by atoms with Crippen molar-refractivity contribution in [2.45, 2.75) is 57.9 Å². The van der Waals surface area contributed by atoms with Crippen LogP contribution in [0.5, 0.6) is 0 Å². The maximum Gasteiger partial charge on any atom is 0.308 e. The molecule has 0 aromatic carbocycles. The molecule has 24 heavy (non-hydrogen) atoms. The number of aliphatic carboxylic acids is 1. The number of carboxylic acid groups (broad SMARTS) is 1. The molecule has 0 aromatic heterocycles. The molecule has 2 saturated carbocycles. The van der Waals surface area contributed by atoms with Gasteiger partial charge in [0.05, 0.1) is 5.92 Å². The van der Waals surface area contributed by atoms with Crippen LogP contribution in [0.1, 0.15) is 51.9 Å². The molecule has 0 spiro atoms. The average Bonchev–Trinajstić information content (AvgIpc) is 3.04. The predicted molar refractivity (Wildman–Crippen MR) is 88.1 cm³/mol. The first kappa shape index (κ1) is 17.2. The molecule has 134 valence electrons. The summed E-state index contributed by atoms with van der Waals surface area (Å²) in [6, 6.07) is -0.200. The zero-order valence-corrected chi connectivity index (χ0v) is 14.4. The SMILES string of the molecule is CC(CC(=O)N1C[C@H](C(=O)O)[C@@H](C2CC2)C1)NC(=O)C1CCCC1. The highest BCUT2D eigenvalue weighted by atomic mass is 16.4. The highest BCUT2D eigenvalue weighted by Gasteiger charge is 2.46. The normalized spacial score (nSPS) is 28.8. The van der Waals surface area contributed by atoms with Crippen LogP contribution < -0.4 is 5.32 Å². The van der Waals surface area contributed by atoms with E-state index >= 15 is 0 Å². The van der Waals surface area contributed by atoms with Gasteiger partial charge in [0.25, 0.3) is 0 Å². The summed E-state index contributed by atoms with van der Waals surface area (Å²) in [6.07, 6.45) is 6.54. The quantitative estimate of drug-likeness (QED) is 0.772. The van der Waals surface area contributed by atoms with Crippen LogP contribution in [0, 0.1) is 23.7 Å². The summed E-state index contributed by atoms with van der Waals surface area (Å²) in [6.45, 7) is 2.73. The van der Waals surface area contributed by atoms with Gasteiger partial charge in [-0.3, -0.25) is 14.4 Å². The third-order valence-corrected chi connectivity index (χ3v) is 5.86. The van der Waals surface area contributed by atoms with E-state index in [0.29, 0.717) is 19.0 Å². The minimum absolute atomic E-state index is 0.0383. The summed E-state index contributed by atoms with van der Waals surface area (Å²) >= 11 is 0.